The summed E-state index contributed by atoms with van der Waals surface area (Å²) < 4.78 is 0. The Morgan fingerprint density at radius 3 is 1.31 bits per heavy atom. The zero-order chi connectivity index (χ0) is 23.1. The van der Waals surface area contributed by atoms with Crippen molar-refractivity contribution in [3.63, 3.8) is 0 Å². The predicted octanol–water partition coefficient (Wildman–Crippen LogP) is 10.7. The topological polar surface area (TPSA) is 0 Å². The van der Waals surface area contributed by atoms with Crippen molar-refractivity contribution in [1.82, 2.24) is 0 Å². The van der Waals surface area contributed by atoms with Crippen LogP contribution < -0.4 is 0 Å². The van der Waals surface area contributed by atoms with E-state index in [0.717, 1.165) is 11.5 Å². The van der Waals surface area contributed by atoms with Gasteiger partial charge in [-0.25, -0.2) is 0 Å². The lowest BCUT2D eigenvalue weighted by Gasteiger charge is -2.17. The first kappa shape index (κ1) is 28.8. The molecule has 0 aliphatic heterocycles. The molecule has 0 bridgehead atoms. The molecule has 0 heterocycles. The Kier molecular flexibility index (Phi) is 19.5. The summed E-state index contributed by atoms with van der Waals surface area (Å²) in [5.74, 6) is 3.59. The molecule has 1 aromatic carbocycles. The van der Waals surface area contributed by atoms with Crippen LogP contribution in [0.3, 0.4) is 0 Å². The van der Waals surface area contributed by atoms with Crippen molar-refractivity contribution in [2.75, 3.05) is 0 Å². The minimum Gasteiger partial charge on any atom is -0.115 e. The van der Waals surface area contributed by atoms with E-state index in [9.17, 15) is 0 Å². The molecular weight excluding hydrogens is 384 g/mol. The fourth-order valence-electron chi connectivity index (χ4n) is 4.91. The van der Waals surface area contributed by atoms with Gasteiger partial charge < -0.3 is 0 Å². The fourth-order valence-corrected chi connectivity index (χ4v) is 4.91. The lowest BCUT2D eigenvalue weighted by atomic mass is 9.88. The van der Waals surface area contributed by atoms with E-state index < -0.39 is 0 Å². The Balaban J connectivity index is 2.25. The third kappa shape index (κ3) is 16.4. The van der Waals surface area contributed by atoms with Gasteiger partial charge in [0.15, 0.2) is 0 Å². The van der Waals surface area contributed by atoms with Gasteiger partial charge in [0.1, 0.15) is 0 Å². The van der Waals surface area contributed by atoms with Gasteiger partial charge >= 0.3 is 0 Å². The van der Waals surface area contributed by atoms with Gasteiger partial charge in [-0.3, -0.25) is 0 Å². The largest absolute Gasteiger partial charge is 0.115 e. The van der Waals surface area contributed by atoms with Crippen molar-refractivity contribution in [2.45, 2.75) is 149 Å². The highest BCUT2D eigenvalue weighted by molar-refractivity contribution is 5.34. The molecule has 0 nitrogen and oxygen atoms in total. The molecule has 1 atom stereocenters. The van der Waals surface area contributed by atoms with Gasteiger partial charge in [-0.1, -0.05) is 160 Å². The number of benzene rings is 1. The molecule has 0 fully saturated rings. The van der Waals surface area contributed by atoms with Crippen molar-refractivity contribution in [2.24, 2.45) is 5.92 Å². The van der Waals surface area contributed by atoms with Crippen molar-refractivity contribution < 1.29 is 0 Å². The molecule has 0 aliphatic carbocycles. The molecule has 0 saturated heterocycles. The Hall–Kier alpha value is -1.22. The molecule has 0 saturated carbocycles. The van der Waals surface area contributed by atoms with Crippen LogP contribution in [0.1, 0.15) is 153 Å². The van der Waals surface area contributed by atoms with Gasteiger partial charge in [0.25, 0.3) is 0 Å². The SMILES string of the molecule is C#Cc1ccc(CC(CCCCCCCCCC)CCCCCCCCCCCC)cc1. The van der Waals surface area contributed by atoms with E-state index in [1.807, 2.05) is 0 Å². The normalized spacial score (nSPS) is 12.0. The summed E-state index contributed by atoms with van der Waals surface area (Å²) in [6.45, 7) is 4.60. The molecule has 0 aromatic heterocycles. The number of rotatable bonds is 22. The quantitative estimate of drug-likeness (QED) is 0.125. The van der Waals surface area contributed by atoms with Gasteiger partial charge in [-0.15, -0.1) is 6.42 Å². The van der Waals surface area contributed by atoms with E-state index in [1.165, 1.54) is 140 Å². The van der Waals surface area contributed by atoms with E-state index in [1.54, 1.807) is 0 Å². The molecule has 182 valence electrons. The molecule has 1 unspecified atom stereocenters. The minimum atomic E-state index is 0.848. The summed E-state index contributed by atoms with van der Waals surface area (Å²) in [7, 11) is 0. The molecule has 0 spiro atoms. The average Bonchev–Trinajstić information content (AvgIpc) is 2.82. The Morgan fingerprint density at radius 2 is 0.938 bits per heavy atom. The first-order chi connectivity index (χ1) is 15.8. The summed E-state index contributed by atoms with van der Waals surface area (Å²) in [4.78, 5) is 0. The molecule has 0 aliphatic rings. The van der Waals surface area contributed by atoms with E-state index in [2.05, 4.69) is 44.0 Å². The highest BCUT2D eigenvalue weighted by Gasteiger charge is 2.10. The van der Waals surface area contributed by atoms with Gasteiger partial charge in [0, 0.05) is 5.56 Å². The fraction of sp³-hybridized carbons (Fsp3) is 0.750. The first-order valence-electron chi connectivity index (χ1n) is 14.4. The van der Waals surface area contributed by atoms with Crippen LogP contribution in [0.4, 0.5) is 0 Å². The maximum absolute atomic E-state index is 5.53. The molecule has 0 heteroatoms. The lowest BCUT2D eigenvalue weighted by molar-refractivity contribution is 0.400. The Bertz CT molecular complexity index is 546. The standard InChI is InChI=1S/C32H54/c1-4-7-9-11-13-15-16-18-20-22-24-31(23-21-19-17-14-12-10-8-5-2)29-32-27-25-30(6-3)26-28-32/h3,25-28,31H,4-5,7-24,29H2,1-2H3. The van der Waals surface area contributed by atoms with E-state index in [-0.39, 0.29) is 0 Å². The van der Waals surface area contributed by atoms with Gasteiger partial charge in [-0.05, 0) is 30.0 Å². The van der Waals surface area contributed by atoms with Crippen LogP contribution in [0.25, 0.3) is 0 Å². The van der Waals surface area contributed by atoms with Crippen LogP contribution in [-0.4, -0.2) is 0 Å². The molecule has 1 rings (SSSR count). The van der Waals surface area contributed by atoms with Crippen molar-refractivity contribution in [3.05, 3.63) is 35.4 Å². The summed E-state index contributed by atoms with van der Waals surface area (Å²) in [5.41, 5.74) is 2.48. The molecule has 32 heavy (non-hydrogen) atoms. The lowest BCUT2D eigenvalue weighted by Crippen LogP contribution is -2.05. The zero-order valence-electron chi connectivity index (χ0n) is 21.8. The number of hydrogen-bond acceptors (Lipinski definition) is 0. The van der Waals surface area contributed by atoms with Crippen LogP contribution in [0.5, 0.6) is 0 Å². The van der Waals surface area contributed by atoms with E-state index in [0.29, 0.717) is 0 Å². The number of unbranched alkanes of at least 4 members (excludes halogenated alkanes) is 16. The molecule has 0 radical (unpaired) electrons. The van der Waals surface area contributed by atoms with E-state index >= 15 is 0 Å². The van der Waals surface area contributed by atoms with Gasteiger partial charge in [0.05, 0.1) is 0 Å². The maximum atomic E-state index is 5.53. The van der Waals surface area contributed by atoms with Crippen LogP contribution in [0.15, 0.2) is 24.3 Å². The van der Waals surface area contributed by atoms with Crippen molar-refractivity contribution in [1.29, 1.82) is 0 Å². The second-order valence-corrected chi connectivity index (χ2v) is 10.1. The minimum absolute atomic E-state index is 0.848. The van der Waals surface area contributed by atoms with Crippen molar-refractivity contribution in [3.8, 4) is 12.3 Å². The highest BCUT2D eigenvalue weighted by Crippen LogP contribution is 2.23. The van der Waals surface area contributed by atoms with Crippen molar-refractivity contribution >= 4 is 0 Å². The van der Waals surface area contributed by atoms with Crippen LogP contribution >= 0.6 is 0 Å². The second kappa shape index (κ2) is 21.6. The molecule has 0 N–H and O–H groups in total. The average molecular weight is 439 g/mol. The number of terminal acetylenes is 1. The molecular formula is C32H54. The van der Waals surface area contributed by atoms with Crippen LogP contribution in [-0.2, 0) is 6.42 Å². The second-order valence-electron chi connectivity index (χ2n) is 10.1. The molecule has 0 amide bonds. The van der Waals surface area contributed by atoms with E-state index in [4.69, 9.17) is 6.42 Å². The maximum Gasteiger partial charge on any atom is 0.0242 e. The zero-order valence-corrected chi connectivity index (χ0v) is 21.8. The van der Waals surface area contributed by atoms with Crippen LogP contribution in [0, 0.1) is 18.3 Å². The van der Waals surface area contributed by atoms with Crippen LogP contribution in [0.2, 0.25) is 0 Å². The third-order valence-electron chi connectivity index (χ3n) is 7.08. The van der Waals surface area contributed by atoms with Gasteiger partial charge in [-0.2, -0.15) is 0 Å². The summed E-state index contributed by atoms with van der Waals surface area (Å²) >= 11 is 0. The first-order valence-corrected chi connectivity index (χ1v) is 14.4. The molecule has 1 aromatic rings. The highest BCUT2D eigenvalue weighted by atomic mass is 14.2. The summed E-state index contributed by atoms with van der Waals surface area (Å²) in [6.07, 6.45) is 35.3. The third-order valence-corrected chi connectivity index (χ3v) is 7.08. The summed E-state index contributed by atoms with van der Waals surface area (Å²) in [5, 5.41) is 0. The van der Waals surface area contributed by atoms with Gasteiger partial charge in [0.2, 0.25) is 0 Å². The summed E-state index contributed by atoms with van der Waals surface area (Å²) in [6, 6.07) is 8.75. The number of hydrogen-bond donors (Lipinski definition) is 0. The Morgan fingerprint density at radius 1 is 0.562 bits per heavy atom. The smallest absolute Gasteiger partial charge is 0.0242 e. The predicted molar refractivity (Wildman–Crippen MR) is 145 cm³/mol. The Labute approximate surface area is 202 Å². The monoisotopic (exact) mass is 438 g/mol.